The Balaban J connectivity index is 0.000000371. The molecule has 0 aromatic rings. The van der Waals surface area contributed by atoms with Gasteiger partial charge in [-0.15, -0.1) is 0 Å². The highest BCUT2D eigenvalue weighted by atomic mass is 32.1. The van der Waals surface area contributed by atoms with Crippen LogP contribution in [0.2, 0.25) is 0 Å². The van der Waals surface area contributed by atoms with Gasteiger partial charge in [-0.3, -0.25) is 0 Å². The van der Waals surface area contributed by atoms with Crippen LogP contribution in [0, 0.1) is 11.3 Å². The first-order valence-corrected chi connectivity index (χ1v) is 3.93. The molecule has 1 rings (SSSR count). The molecule has 1 saturated carbocycles. The number of aliphatic hydroxyl groups excluding tert-OH is 1. The van der Waals surface area contributed by atoms with Crippen LogP contribution in [-0.2, 0) is 0 Å². The standard InChI is InChI=1S/C5H7NOS.C2H6/c6-3-5(8)1-4(7)2-5;1-2/h4,7-8H,1-2H2;1-2H3. The van der Waals surface area contributed by atoms with Crippen molar-refractivity contribution in [2.45, 2.75) is 37.5 Å². The first-order chi connectivity index (χ1) is 4.66. The average Bonchev–Trinajstić information content (AvgIpc) is 1.90. The fourth-order valence-corrected chi connectivity index (χ4v) is 1.23. The summed E-state index contributed by atoms with van der Waals surface area (Å²) in [4.78, 5) is 0. The topological polar surface area (TPSA) is 44.0 Å². The lowest BCUT2D eigenvalue weighted by Crippen LogP contribution is -2.41. The molecule has 0 aliphatic heterocycles. The van der Waals surface area contributed by atoms with Gasteiger partial charge in [0, 0.05) is 12.8 Å². The minimum Gasteiger partial charge on any atom is -0.393 e. The van der Waals surface area contributed by atoms with Crippen molar-refractivity contribution in [2.24, 2.45) is 0 Å². The van der Waals surface area contributed by atoms with E-state index >= 15 is 0 Å². The number of hydrogen-bond acceptors (Lipinski definition) is 3. The minimum atomic E-state index is -0.514. The third-order valence-electron chi connectivity index (χ3n) is 1.35. The molecule has 0 unspecified atom stereocenters. The van der Waals surface area contributed by atoms with Crippen molar-refractivity contribution in [1.29, 1.82) is 5.26 Å². The lowest BCUT2D eigenvalue weighted by atomic mass is 9.83. The van der Waals surface area contributed by atoms with E-state index < -0.39 is 4.75 Å². The van der Waals surface area contributed by atoms with E-state index in [1.165, 1.54) is 0 Å². The van der Waals surface area contributed by atoms with E-state index in [4.69, 9.17) is 10.4 Å². The molecule has 0 spiro atoms. The Morgan fingerprint density at radius 3 is 2.10 bits per heavy atom. The monoisotopic (exact) mass is 159 g/mol. The van der Waals surface area contributed by atoms with Crippen LogP contribution in [0.3, 0.4) is 0 Å². The number of nitrogens with zero attached hydrogens (tertiary/aromatic N) is 1. The third-order valence-corrected chi connectivity index (χ3v) is 1.82. The van der Waals surface area contributed by atoms with E-state index in [0.717, 1.165) is 0 Å². The summed E-state index contributed by atoms with van der Waals surface area (Å²) >= 11 is 4.01. The van der Waals surface area contributed by atoms with Gasteiger partial charge in [-0.2, -0.15) is 17.9 Å². The Bertz CT molecular complexity index is 135. The highest BCUT2D eigenvalue weighted by molar-refractivity contribution is 7.82. The number of aliphatic hydroxyl groups is 1. The molecule has 2 nitrogen and oxygen atoms in total. The summed E-state index contributed by atoms with van der Waals surface area (Å²) in [7, 11) is 0. The Labute approximate surface area is 67.3 Å². The zero-order valence-electron chi connectivity index (χ0n) is 6.33. The molecule has 0 aromatic carbocycles. The van der Waals surface area contributed by atoms with Crippen LogP contribution < -0.4 is 0 Å². The molecule has 0 radical (unpaired) electrons. The molecule has 0 saturated heterocycles. The predicted molar refractivity (Wildman–Crippen MR) is 43.9 cm³/mol. The molecular formula is C7H13NOS. The second kappa shape index (κ2) is 3.85. The summed E-state index contributed by atoms with van der Waals surface area (Å²) in [6, 6.07) is 2.01. The molecule has 0 atom stereocenters. The average molecular weight is 159 g/mol. The van der Waals surface area contributed by atoms with E-state index in [2.05, 4.69) is 12.6 Å². The van der Waals surface area contributed by atoms with Crippen molar-refractivity contribution >= 4 is 12.6 Å². The molecular weight excluding hydrogens is 146 g/mol. The second-order valence-electron chi connectivity index (χ2n) is 2.21. The number of rotatable bonds is 0. The van der Waals surface area contributed by atoms with E-state index in [-0.39, 0.29) is 6.10 Å². The van der Waals surface area contributed by atoms with Crippen molar-refractivity contribution in [1.82, 2.24) is 0 Å². The van der Waals surface area contributed by atoms with Crippen LogP contribution in [0.5, 0.6) is 0 Å². The van der Waals surface area contributed by atoms with Gasteiger partial charge >= 0.3 is 0 Å². The predicted octanol–water partition coefficient (Wildman–Crippen LogP) is 1.36. The number of nitriles is 1. The van der Waals surface area contributed by atoms with E-state index in [1.807, 2.05) is 19.9 Å². The Kier molecular flexibility index (Phi) is 3.77. The molecule has 1 aliphatic carbocycles. The molecule has 1 N–H and O–H groups in total. The first kappa shape index (κ1) is 9.80. The third kappa shape index (κ3) is 2.20. The van der Waals surface area contributed by atoms with E-state index in [1.54, 1.807) is 0 Å². The molecule has 10 heavy (non-hydrogen) atoms. The smallest absolute Gasteiger partial charge is 0.104 e. The Morgan fingerprint density at radius 2 is 2.00 bits per heavy atom. The van der Waals surface area contributed by atoms with Crippen LogP contribution >= 0.6 is 12.6 Å². The minimum absolute atomic E-state index is 0.285. The van der Waals surface area contributed by atoms with Gasteiger partial charge in [0.15, 0.2) is 0 Å². The summed E-state index contributed by atoms with van der Waals surface area (Å²) < 4.78 is -0.514. The molecule has 0 heterocycles. The fraction of sp³-hybridized carbons (Fsp3) is 0.857. The van der Waals surface area contributed by atoms with Crippen LogP contribution in [0.25, 0.3) is 0 Å². The highest BCUT2D eigenvalue weighted by Gasteiger charge is 2.40. The van der Waals surface area contributed by atoms with Crippen LogP contribution in [-0.4, -0.2) is 16.0 Å². The zero-order chi connectivity index (χ0) is 8.20. The summed E-state index contributed by atoms with van der Waals surface area (Å²) in [5, 5.41) is 17.0. The van der Waals surface area contributed by atoms with Gasteiger partial charge in [0.2, 0.25) is 0 Å². The van der Waals surface area contributed by atoms with E-state index in [0.29, 0.717) is 12.8 Å². The summed E-state index contributed by atoms with van der Waals surface area (Å²) in [6.07, 6.45) is 0.756. The Hall–Kier alpha value is -0.200. The Morgan fingerprint density at radius 1 is 1.60 bits per heavy atom. The summed E-state index contributed by atoms with van der Waals surface area (Å²) in [5.74, 6) is 0. The van der Waals surface area contributed by atoms with Crippen molar-refractivity contribution in [3.8, 4) is 6.07 Å². The lowest BCUT2D eigenvalue weighted by molar-refractivity contribution is 0.0811. The van der Waals surface area contributed by atoms with Gasteiger partial charge in [-0.25, -0.2) is 0 Å². The van der Waals surface area contributed by atoms with Gasteiger partial charge in [0.1, 0.15) is 4.75 Å². The molecule has 0 bridgehead atoms. The largest absolute Gasteiger partial charge is 0.393 e. The van der Waals surface area contributed by atoms with Gasteiger partial charge in [0.25, 0.3) is 0 Å². The molecule has 58 valence electrons. The summed E-state index contributed by atoms with van der Waals surface area (Å²) in [6.45, 7) is 4.00. The number of thiol groups is 1. The van der Waals surface area contributed by atoms with Crippen LogP contribution in [0.1, 0.15) is 26.7 Å². The summed E-state index contributed by atoms with van der Waals surface area (Å²) in [5.41, 5.74) is 0. The molecule has 1 fully saturated rings. The maximum absolute atomic E-state index is 8.71. The van der Waals surface area contributed by atoms with Gasteiger partial charge < -0.3 is 5.11 Å². The van der Waals surface area contributed by atoms with Crippen molar-refractivity contribution < 1.29 is 5.11 Å². The quantitative estimate of drug-likeness (QED) is 0.524. The normalized spacial score (nSPS) is 36.5. The highest BCUT2D eigenvalue weighted by Crippen LogP contribution is 2.37. The molecule has 3 heteroatoms. The van der Waals surface area contributed by atoms with Gasteiger partial charge in [-0.1, -0.05) is 13.8 Å². The maximum atomic E-state index is 8.71. The lowest BCUT2D eigenvalue weighted by Gasteiger charge is -2.34. The van der Waals surface area contributed by atoms with Crippen molar-refractivity contribution in [2.75, 3.05) is 0 Å². The van der Waals surface area contributed by atoms with Gasteiger partial charge in [-0.05, 0) is 0 Å². The number of hydrogen-bond donors (Lipinski definition) is 2. The fourth-order valence-electron chi connectivity index (χ4n) is 0.811. The second-order valence-corrected chi connectivity index (χ2v) is 3.06. The molecule has 0 amide bonds. The van der Waals surface area contributed by atoms with Crippen LogP contribution in [0.4, 0.5) is 0 Å². The van der Waals surface area contributed by atoms with E-state index in [9.17, 15) is 0 Å². The van der Waals surface area contributed by atoms with Crippen molar-refractivity contribution in [3.05, 3.63) is 0 Å². The van der Waals surface area contributed by atoms with Gasteiger partial charge in [0.05, 0.1) is 12.2 Å². The maximum Gasteiger partial charge on any atom is 0.104 e. The zero-order valence-corrected chi connectivity index (χ0v) is 7.23. The SMILES string of the molecule is CC.N#CC1(S)CC(O)C1. The van der Waals surface area contributed by atoms with Crippen LogP contribution in [0.15, 0.2) is 0 Å². The first-order valence-electron chi connectivity index (χ1n) is 3.48. The molecule has 0 aromatic heterocycles. The van der Waals surface area contributed by atoms with Crippen molar-refractivity contribution in [3.63, 3.8) is 0 Å². The molecule has 1 aliphatic rings.